The lowest BCUT2D eigenvalue weighted by Crippen LogP contribution is -2.53. The van der Waals surface area contributed by atoms with Gasteiger partial charge in [-0.1, -0.05) is 52.0 Å². The van der Waals surface area contributed by atoms with Crippen LogP contribution < -0.4 is 15.8 Å². The highest BCUT2D eigenvalue weighted by molar-refractivity contribution is 6.00. The molecule has 8 nitrogen and oxygen atoms in total. The molecular formula is C30H36F3N5O3. The third-order valence-electron chi connectivity index (χ3n) is 9.20. The molecule has 3 aliphatic rings. The number of amides is 2. The first kappa shape index (κ1) is 28.9. The Hall–Kier alpha value is -3.63. The minimum absolute atomic E-state index is 0.101. The number of aliphatic imine (C=N–C) groups is 1. The van der Waals surface area contributed by atoms with Crippen molar-refractivity contribution in [1.29, 1.82) is 0 Å². The van der Waals surface area contributed by atoms with E-state index in [1.165, 1.54) is 11.0 Å². The van der Waals surface area contributed by atoms with E-state index in [9.17, 15) is 22.8 Å². The van der Waals surface area contributed by atoms with Gasteiger partial charge in [0.05, 0.1) is 24.0 Å². The fourth-order valence-electron chi connectivity index (χ4n) is 6.64. The van der Waals surface area contributed by atoms with Gasteiger partial charge in [0.25, 0.3) is 0 Å². The standard InChI is InChI=1S/C30H36F3N5O3/c1-5-29(6-2)15-22(39)38(27(34)37-29)25(17-10-9-13-35-16-17)23-24(28(23,3)4)26(40)36-19-14-21(30(31,32)33)41-20-12-8-7-11-18(19)20/h7-13,16,19,21,23-25H,5-6,14-15H2,1-4H3,(H2,34,37)(H,36,40)/t19-,21+,23+,24+,25+/m0/s1. The summed E-state index contributed by atoms with van der Waals surface area (Å²) in [7, 11) is 0. The highest BCUT2D eigenvalue weighted by Crippen LogP contribution is 2.65. The number of alkyl halides is 3. The second-order valence-electron chi connectivity index (χ2n) is 11.9. The van der Waals surface area contributed by atoms with E-state index >= 15 is 0 Å². The Bertz CT molecular complexity index is 1340. The summed E-state index contributed by atoms with van der Waals surface area (Å²) in [5, 5.41) is 2.89. The molecule has 5 rings (SSSR count). The van der Waals surface area contributed by atoms with Crippen LogP contribution in [-0.2, 0) is 9.59 Å². The average Bonchev–Trinajstić information content (AvgIpc) is 3.51. The number of carbonyl (C=O) groups excluding carboxylic acids is 2. The molecule has 2 aromatic rings. The Morgan fingerprint density at radius 1 is 1.20 bits per heavy atom. The van der Waals surface area contributed by atoms with Gasteiger partial charge in [-0.15, -0.1) is 0 Å². The number of nitrogens with zero attached hydrogens (tertiary/aromatic N) is 3. The Kier molecular flexibility index (Phi) is 7.28. The van der Waals surface area contributed by atoms with E-state index in [0.717, 1.165) is 0 Å². The minimum atomic E-state index is -4.58. The maximum Gasteiger partial charge on any atom is 0.425 e. The summed E-state index contributed by atoms with van der Waals surface area (Å²) in [6.07, 6.45) is -2.26. The van der Waals surface area contributed by atoms with Gasteiger partial charge in [-0.05, 0) is 36.0 Å². The summed E-state index contributed by atoms with van der Waals surface area (Å²) in [6.45, 7) is 7.80. The first-order chi connectivity index (χ1) is 19.3. The first-order valence-electron chi connectivity index (χ1n) is 14.0. The monoisotopic (exact) mass is 571 g/mol. The average molecular weight is 572 g/mol. The molecule has 3 N–H and O–H groups in total. The van der Waals surface area contributed by atoms with Crippen molar-refractivity contribution in [3.63, 3.8) is 0 Å². The van der Waals surface area contributed by atoms with Gasteiger partial charge in [0.1, 0.15) is 5.75 Å². The summed E-state index contributed by atoms with van der Waals surface area (Å²) in [4.78, 5) is 38.0. The molecular weight excluding hydrogens is 535 g/mol. The van der Waals surface area contributed by atoms with Gasteiger partial charge in [0, 0.05) is 36.2 Å². The zero-order valence-electron chi connectivity index (χ0n) is 23.6. The van der Waals surface area contributed by atoms with Crippen molar-refractivity contribution in [1.82, 2.24) is 15.2 Å². The lowest BCUT2D eigenvalue weighted by molar-refractivity contribution is -0.201. The van der Waals surface area contributed by atoms with Crippen LogP contribution in [0.2, 0.25) is 0 Å². The van der Waals surface area contributed by atoms with Crippen molar-refractivity contribution >= 4 is 17.8 Å². The number of benzene rings is 1. The third-order valence-corrected chi connectivity index (χ3v) is 9.20. The maximum atomic E-state index is 13.8. The zero-order valence-corrected chi connectivity index (χ0v) is 23.6. The number of aromatic nitrogens is 1. The normalized spacial score (nSPS) is 27.2. The Balaban J connectivity index is 1.47. The number of para-hydroxylation sites is 1. The number of nitrogens with two attached hydrogens (primary N) is 1. The number of hydrogen-bond donors (Lipinski definition) is 2. The highest BCUT2D eigenvalue weighted by atomic mass is 19.4. The topological polar surface area (TPSA) is 110 Å². The number of hydrogen-bond acceptors (Lipinski definition) is 6. The molecule has 5 atom stereocenters. The van der Waals surface area contributed by atoms with Crippen molar-refractivity contribution in [3.8, 4) is 5.75 Å². The second-order valence-corrected chi connectivity index (χ2v) is 11.9. The van der Waals surface area contributed by atoms with Gasteiger partial charge in [-0.3, -0.25) is 19.5 Å². The Morgan fingerprint density at radius 3 is 2.51 bits per heavy atom. The van der Waals surface area contributed by atoms with Crippen LogP contribution in [0.3, 0.4) is 0 Å². The summed E-state index contributed by atoms with van der Waals surface area (Å²) >= 11 is 0. The largest absolute Gasteiger partial charge is 0.480 e. The number of pyridine rings is 1. The molecule has 2 aliphatic heterocycles. The fourth-order valence-corrected chi connectivity index (χ4v) is 6.64. The molecule has 0 radical (unpaired) electrons. The van der Waals surface area contributed by atoms with E-state index < -0.39 is 47.7 Å². The molecule has 3 heterocycles. The molecule has 1 fully saturated rings. The van der Waals surface area contributed by atoms with Crippen LogP contribution in [0.15, 0.2) is 53.8 Å². The van der Waals surface area contributed by atoms with Crippen molar-refractivity contribution in [2.75, 3.05) is 0 Å². The van der Waals surface area contributed by atoms with E-state index in [2.05, 4.69) is 10.3 Å². The number of rotatable bonds is 7. The Morgan fingerprint density at radius 2 is 1.90 bits per heavy atom. The lowest BCUT2D eigenvalue weighted by Gasteiger charge is -2.40. The van der Waals surface area contributed by atoms with Crippen LogP contribution in [0, 0.1) is 17.3 Å². The molecule has 1 aromatic heterocycles. The molecule has 2 amide bonds. The molecule has 41 heavy (non-hydrogen) atoms. The summed E-state index contributed by atoms with van der Waals surface area (Å²) in [5.41, 5.74) is 6.53. The van der Waals surface area contributed by atoms with E-state index in [-0.39, 0.29) is 35.9 Å². The highest BCUT2D eigenvalue weighted by Gasteiger charge is 2.67. The smallest absolute Gasteiger partial charge is 0.425 e. The molecule has 0 unspecified atom stereocenters. The van der Waals surface area contributed by atoms with Crippen molar-refractivity contribution < 1.29 is 27.5 Å². The van der Waals surface area contributed by atoms with Crippen molar-refractivity contribution in [2.24, 2.45) is 28.0 Å². The maximum absolute atomic E-state index is 13.8. The number of guanidine groups is 1. The minimum Gasteiger partial charge on any atom is -0.480 e. The summed E-state index contributed by atoms with van der Waals surface area (Å²) in [5.74, 6) is -1.34. The second kappa shape index (κ2) is 10.3. The third kappa shape index (κ3) is 5.15. The predicted octanol–water partition coefficient (Wildman–Crippen LogP) is 5.07. The van der Waals surface area contributed by atoms with Gasteiger partial charge in [-0.25, -0.2) is 4.99 Å². The molecule has 220 valence electrons. The van der Waals surface area contributed by atoms with Gasteiger partial charge in [0.2, 0.25) is 11.8 Å². The van der Waals surface area contributed by atoms with Crippen LogP contribution in [-0.4, -0.2) is 45.5 Å². The molecule has 1 aliphatic carbocycles. The van der Waals surface area contributed by atoms with E-state index in [1.807, 2.05) is 33.8 Å². The molecule has 0 spiro atoms. The van der Waals surface area contributed by atoms with E-state index in [4.69, 9.17) is 15.5 Å². The quantitative estimate of drug-likeness (QED) is 0.482. The van der Waals surface area contributed by atoms with Crippen LogP contribution >= 0.6 is 0 Å². The first-order valence-corrected chi connectivity index (χ1v) is 14.0. The van der Waals surface area contributed by atoms with Gasteiger partial charge in [-0.2, -0.15) is 13.2 Å². The predicted molar refractivity (Wildman–Crippen MR) is 147 cm³/mol. The van der Waals surface area contributed by atoms with Crippen LogP contribution in [0.4, 0.5) is 13.2 Å². The van der Waals surface area contributed by atoms with Gasteiger partial charge >= 0.3 is 6.18 Å². The molecule has 1 aromatic carbocycles. The number of halogens is 3. The van der Waals surface area contributed by atoms with Crippen LogP contribution in [0.5, 0.6) is 5.75 Å². The van der Waals surface area contributed by atoms with E-state index in [0.29, 0.717) is 24.0 Å². The molecule has 11 heteroatoms. The molecule has 0 saturated heterocycles. The van der Waals surface area contributed by atoms with Gasteiger partial charge in [0.15, 0.2) is 12.1 Å². The number of carbonyl (C=O) groups is 2. The molecule has 1 saturated carbocycles. The fraction of sp³-hybridized carbons (Fsp3) is 0.533. The van der Waals surface area contributed by atoms with Crippen molar-refractivity contribution in [2.45, 2.75) is 83.3 Å². The van der Waals surface area contributed by atoms with Crippen LogP contribution in [0.25, 0.3) is 0 Å². The number of nitrogens with one attached hydrogen (secondary N) is 1. The number of fused-ring (bicyclic) bond motifs is 1. The summed E-state index contributed by atoms with van der Waals surface area (Å²) in [6, 6.07) is 8.53. The van der Waals surface area contributed by atoms with Crippen molar-refractivity contribution in [3.05, 3.63) is 59.9 Å². The van der Waals surface area contributed by atoms with Gasteiger partial charge < -0.3 is 15.8 Å². The van der Waals surface area contributed by atoms with Crippen LogP contribution in [0.1, 0.15) is 76.6 Å². The zero-order chi connectivity index (χ0) is 29.7. The Labute approximate surface area is 237 Å². The summed E-state index contributed by atoms with van der Waals surface area (Å²) < 4.78 is 46.3. The molecule has 0 bridgehead atoms. The SMILES string of the molecule is CCC1(CC)CC(=O)N([C@H](c2cccnc2)[C@H]2[C@H](C(=O)N[C@H]3C[C@H](C(F)(F)F)Oc4ccccc43)C2(C)C)C(N)=N1. The van der Waals surface area contributed by atoms with E-state index in [1.54, 1.807) is 36.7 Å². The number of ether oxygens (including phenoxy) is 1. The lowest BCUT2D eigenvalue weighted by atomic mass is 9.86.